The minimum Gasteiger partial charge on any atom is -0.396 e. The Kier molecular flexibility index (Phi) is 31.0. The molecule has 32 heteroatoms. The van der Waals surface area contributed by atoms with E-state index in [-0.39, 0.29) is 126 Å². The van der Waals surface area contributed by atoms with Crippen LogP contribution in [-0.2, 0) is 77.4 Å². The fourth-order valence-electron chi connectivity index (χ4n) is 24.6. The van der Waals surface area contributed by atoms with Gasteiger partial charge >= 0.3 is 0 Å². The molecular weight excluding hydrogens is 1900 g/mol. The molecule has 10 aromatic rings. The number of aryl methyl sites for hydroxylation is 5. The van der Waals surface area contributed by atoms with Crippen molar-refractivity contribution in [3.05, 3.63) is 377 Å². The molecule has 11 N–H and O–H groups in total. The third kappa shape index (κ3) is 19.5. The molecule has 0 saturated heterocycles. The van der Waals surface area contributed by atoms with E-state index < -0.39 is 109 Å². The van der Waals surface area contributed by atoms with Gasteiger partial charge < -0.3 is 53.0 Å². The number of aliphatic hydroxyl groups excluding tert-OH is 1. The Morgan fingerprint density at radius 3 is 1.02 bits per heavy atom. The Morgan fingerprint density at radius 2 is 0.637 bits per heavy atom. The number of nitrogens with one attached hydrogen (secondary N) is 2. The summed E-state index contributed by atoms with van der Waals surface area (Å²) in [6.45, 7) is 11.4. The average molecular weight is 2020 g/mol. The molecule has 146 heavy (non-hydrogen) atoms. The molecule has 10 aromatic carbocycles. The van der Waals surface area contributed by atoms with Crippen LogP contribution in [0.2, 0.25) is 0 Å². The summed E-state index contributed by atoms with van der Waals surface area (Å²) >= 11 is 0. The van der Waals surface area contributed by atoms with E-state index in [1.165, 1.54) is 71.0 Å². The molecule has 0 bridgehead atoms. The highest BCUT2D eigenvalue weighted by Gasteiger charge is 2.59. The summed E-state index contributed by atoms with van der Waals surface area (Å²) in [5.74, 6) is -10.5. The van der Waals surface area contributed by atoms with Gasteiger partial charge in [-0.1, -0.05) is 36.4 Å². The summed E-state index contributed by atoms with van der Waals surface area (Å²) in [4.78, 5) is 69.9. The lowest BCUT2D eigenvalue weighted by Crippen LogP contribution is -2.55. The van der Waals surface area contributed by atoms with Crippen LogP contribution in [0.25, 0.3) is 28.0 Å². The quantitative estimate of drug-likeness (QED) is 0.0474. The Morgan fingerprint density at radius 1 is 0.322 bits per heavy atom. The fraction of sp³-hybridized carbons (Fsp3) is 0.342. The van der Waals surface area contributed by atoms with Gasteiger partial charge in [-0.05, 0) is 383 Å². The number of nitrogens with zero attached hydrogens (tertiary/aromatic N) is 5. The van der Waals surface area contributed by atoms with E-state index in [0.717, 1.165) is 169 Å². The van der Waals surface area contributed by atoms with Crippen molar-refractivity contribution in [3.8, 4) is 0 Å². The molecule has 17 nitrogen and oxygen atoms in total. The first-order valence-electron chi connectivity index (χ1n) is 48.9. The number of carbonyl (C=O) groups excluding carboxylic acids is 5. The van der Waals surface area contributed by atoms with Crippen molar-refractivity contribution in [2.24, 2.45) is 52.5 Å². The first-order chi connectivity index (χ1) is 69.7. The van der Waals surface area contributed by atoms with E-state index in [2.05, 4.69) is 16.8 Å². The summed E-state index contributed by atoms with van der Waals surface area (Å²) in [5, 5.41) is 14.6. The molecule has 10 aliphatic rings. The van der Waals surface area contributed by atoms with Gasteiger partial charge in [-0.15, -0.1) is 0 Å². The summed E-state index contributed by atoms with van der Waals surface area (Å²) in [5.41, 5.74) is 33.1. The summed E-state index contributed by atoms with van der Waals surface area (Å²) < 4.78 is 213. The van der Waals surface area contributed by atoms with Gasteiger partial charge in [0.1, 0.15) is 81.2 Å². The number of hydrazine groups is 1. The zero-order valence-electron chi connectivity index (χ0n) is 81.5. The minimum absolute atomic E-state index is 0.0369. The van der Waals surface area contributed by atoms with Crippen LogP contribution in [0.3, 0.4) is 0 Å². The maximum absolute atomic E-state index is 14.6. The standard InChI is InChI=1S/C23H22F4N2O.C23H24F3N3O.C23H23F3N2O.C23H22F3NO2.C22H23F2N3O/c1-13(30)29-12-15(18-9-17(24)4-5-20(18)25)11-23(29)16(6-7-28)3-2-14-8-21(26)22(27)10-19(14)23;1-13-7-18(25)9-20-22(13)28-11-16(5-6-27)23(20)10-15(12-29(23)14(2)30)19-8-17(24)3-4-21(19)26;1-14(29)28-13-16(20-10-18(24)6-7-22(20)26)12-23(28)17(8-9-27)4-2-15-3-5-19(25)11-21(15)23;1-14(29)27-13-16(20-10-18(24)6-7-22(20)26)12-23(27)17(8-9-28)4-2-15-3-5-19(25)11-21(15)23;1-14(28)27-22(13-21(26-27)18-12-17(23)8-9-20(18)24)16(10-11-25)7-6-15-4-2-3-5-19(15)22/h4-5,8-11,16H,2-3,6-7,12,28H2,1H3;3-4,7-10,16,28H,5-6,11-12,27H2,1-2H3;3,5-7,10-12,17H,2,4,8-9,13,27H2,1H3;3,5-7,10-12,17,28H,2,4,8-9,13H2,1H3;2-5,8-9,12-13,16,26H,6-7,10-11,25H2,1H3. The predicted molar refractivity (Wildman–Crippen MR) is 528 cm³/mol. The number of amides is 5. The molecule has 6 heterocycles. The molecular formula is C114H114F15N11O6. The number of aliphatic hydroxyl groups is 1. The molecule has 0 fully saturated rings. The first kappa shape index (κ1) is 105. The monoisotopic (exact) mass is 2020 g/mol. The molecule has 766 valence electrons. The number of anilines is 1. The fourth-order valence-corrected chi connectivity index (χ4v) is 24.6. The molecule has 5 spiro atoms. The Bertz CT molecular complexity index is 6790. The Balaban J connectivity index is 0.000000131. The number of rotatable bonds is 15. The maximum Gasteiger partial charge on any atom is 0.238 e. The van der Waals surface area contributed by atoms with Crippen LogP contribution in [0, 0.1) is 124 Å². The van der Waals surface area contributed by atoms with Crippen LogP contribution in [0.5, 0.6) is 0 Å². The van der Waals surface area contributed by atoms with Crippen LogP contribution < -0.4 is 33.7 Å². The second kappa shape index (κ2) is 43.0. The zero-order valence-corrected chi connectivity index (χ0v) is 81.5. The number of fused-ring (bicyclic) bond motifs is 10. The van der Waals surface area contributed by atoms with Gasteiger partial charge in [0.05, 0.1) is 27.9 Å². The van der Waals surface area contributed by atoms with Gasteiger partial charge in [0, 0.05) is 119 Å². The van der Waals surface area contributed by atoms with Crippen LogP contribution in [-0.4, -0.2) is 125 Å². The van der Waals surface area contributed by atoms with Crippen LogP contribution in [0.4, 0.5) is 71.5 Å². The summed E-state index contributed by atoms with van der Waals surface area (Å²) in [6.07, 6.45) is 17.7. The van der Waals surface area contributed by atoms with E-state index in [0.29, 0.717) is 140 Å². The van der Waals surface area contributed by atoms with E-state index in [1.807, 2.05) is 36.4 Å². The Labute approximate surface area is 836 Å². The van der Waals surface area contributed by atoms with Gasteiger partial charge in [0.2, 0.25) is 29.5 Å². The second-order valence-corrected chi connectivity index (χ2v) is 39.0. The Hall–Kier alpha value is -13.4. The smallest absolute Gasteiger partial charge is 0.238 e. The van der Waals surface area contributed by atoms with Crippen molar-refractivity contribution in [1.82, 2.24) is 30.0 Å². The largest absolute Gasteiger partial charge is 0.396 e. The molecule has 20 rings (SSSR count). The third-order valence-electron chi connectivity index (χ3n) is 30.8. The molecule has 10 unspecified atom stereocenters. The normalized spacial score (nSPS) is 23.1. The van der Waals surface area contributed by atoms with E-state index in [1.54, 1.807) is 55.8 Å². The number of hydrogen-bond acceptors (Lipinski definition) is 12. The zero-order chi connectivity index (χ0) is 105. The van der Waals surface area contributed by atoms with E-state index in [4.69, 9.17) is 22.9 Å². The number of halogens is 15. The summed E-state index contributed by atoms with van der Waals surface area (Å²) in [6, 6.07) is 38.6. The second-order valence-electron chi connectivity index (χ2n) is 39.0. The van der Waals surface area contributed by atoms with Crippen molar-refractivity contribution in [2.45, 2.75) is 153 Å². The SMILES string of the molecule is CC(=O)N1CC(c2cc(F)ccc2F)=CC12c1cc(F)c(F)cc1CCC2CCN.CC(=O)N1CC(c2cc(F)ccc2F)=CC12c1cc(F)cc(C)c1NCC2CCN.CC(=O)N1CC(c2cc(F)ccc2F)=CC12c1cc(F)ccc1CCC2CCN.CC(=O)N1CC(c2cc(F)ccc2F)=CC12c1cc(F)ccc1CCC2CCO.CC(=O)N1NC(c2cc(F)ccc2F)=CC12c1ccccc1CCC2CCN. The van der Waals surface area contributed by atoms with Crippen molar-refractivity contribution >= 4 is 63.2 Å². The van der Waals surface area contributed by atoms with Gasteiger partial charge in [0.25, 0.3) is 0 Å². The molecule has 10 atom stereocenters. The third-order valence-corrected chi connectivity index (χ3v) is 30.8. The summed E-state index contributed by atoms with van der Waals surface area (Å²) in [7, 11) is 0. The lowest BCUT2D eigenvalue weighted by molar-refractivity contribution is -0.139. The highest BCUT2D eigenvalue weighted by atomic mass is 19.2. The highest BCUT2D eigenvalue weighted by Crippen LogP contribution is 2.59. The van der Waals surface area contributed by atoms with Gasteiger partial charge in [-0.2, -0.15) is 0 Å². The number of benzene rings is 10. The van der Waals surface area contributed by atoms with E-state index in [9.17, 15) is 94.9 Å². The molecule has 4 aliphatic carbocycles. The molecule has 0 radical (unpaired) electrons. The predicted octanol–water partition coefficient (Wildman–Crippen LogP) is 20.1. The maximum atomic E-state index is 14.6. The lowest BCUT2D eigenvalue weighted by atomic mass is 9.67. The molecule has 0 saturated carbocycles. The van der Waals surface area contributed by atoms with Crippen molar-refractivity contribution in [1.29, 1.82) is 0 Å². The van der Waals surface area contributed by atoms with Crippen molar-refractivity contribution in [2.75, 3.05) is 70.8 Å². The molecule has 0 aromatic heterocycles. The molecule has 6 aliphatic heterocycles. The van der Waals surface area contributed by atoms with Crippen molar-refractivity contribution < 1.29 is 94.9 Å². The van der Waals surface area contributed by atoms with Crippen molar-refractivity contribution in [3.63, 3.8) is 0 Å². The van der Waals surface area contributed by atoms with Crippen LogP contribution >= 0.6 is 0 Å². The van der Waals surface area contributed by atoms with Crippen LogP contribution in [0.15, 0.2) is 206 Å². The molecule has 5 amide bonds. The highest BCUT2D eigenvalue weighted by molar-refractivity contribution is 5.89. The van der Waals surface area contributed by atoms with E-state index >= 15 is 0 Å². The minimum atomic E-state index is -1.10. The number of carbonyl (C=O) groups is 5. The lowest BCUT2D eigenvalue weighted by Gasteiger charge is -2.48. The average Bonchev–Trinajstić information content (AvgIpc) is 1.51. The van der Waals surface area contributed by atoms with Crippen LogP contribution in [0.1, 0.15) is 176 Å². The number of hydrogen-bond donors (Lipinski definition) is 7. The van der Waals surface area contributed by atoms with Gasteiger partial charge in [0.15, 0.2) is 11.6 Å². The topological polar surface area (TPSA) is 250 Å². The first-order valence-corrected chi connectivity index (χ1v) is 48.9. The number of nitrogens with two attached hydrogens (primary N) is 4. The van der Waals surface area contributed by atoms with Gasteiger partial charge in [-0.25, -0.2) is 70.9 Å². The van der Waals surface area contributed by atoms with Gasteiger partial charge in [-0.3, -0.25) is 29.4 Å².